The fraction of sp³-hybridized carbons (Fsp3) is 0.455. The molecule has 0 unspecified atom stereocenters. The Balaban J connectivity index is 2.98. The summed E-state index contributed by atoms with van der Waals surface area (Å²) in [5.74, 6) is 1.71. The molecule has 0 fully saturated rings. The van der Waals surface area contributed by atoms with Crippen LogP contribution in [0.2, 0.25) is 0 Å². The summed E-state index contributed by atoms with van der Waals surface area (Å²) in [4.78, 5) is 0. The molecule has 0 heterocycles. The molecule has 0 saturated carbocycles. The minimum Gasteiger partial charge on any atom is -0.493 e. The Hall–Kier alpha value is -0.870. The average molecular weight is 228 g/mol. The fourth-order valence-electron chi connectivity index (χ4n) is 1.27. The number of aliphatic hydroxyl groups is 1. The molecule has 1 aromatic carbocycles. The van der Waals surface area contributed by atoms with E-state index in [-0.39, 0.29) is 0 Å². The van der Waals surface area contributed by atoms with Crippen LogP contribution in [-0.4, -0.2) is 24.6 Å². The lowest BCUT2D eigenvalue weighted by molar-refractivity contribution is 0.203. The summed E-state index contributed by atoms with van der Waals surface area (Å²) in [5, 5.41) is 9.61. The van der Waals surface area contributed by atoms with E-state index in [4.69, 9.17) is 9.47 Å². The van der Waals surface area contributed by atoms with Crippen molar-refractivity contribution in [2.75, 3.05) is 19.5 Å². The van der Waals surface area contributed by atoms with Crippen molar-refractivity contribution in [3.05, 3.63) is 23.8 Å². The number of hydrogen-bond donors (Lipinski definition) is 2. The molecule has 0 aliphatic rings. The molecule has 15 heavy (non-hydrogen) atoms. The van der Waals surface area contributed by atoms with Crippen LogP contribution in [-0.2, 0) is 0 Å². The van der Waals surface area contributed by atoms with Crippen LogP contribution in [0.1, 0.15) is 18.6 Å². The van der Waals surface area contributed by atoms with E-state index in [1.807, 2.05) is 13.0 Å². The summed E-state index contributed by atoms with van der Waals surface area (Å²) in [6.07, 6.45) is -0.571. The van der Waals surface area contributed by atoms with Gasteiger partial charge in [-0.1, -0.05) is 6.07 Å². The third-order valence-electron chi connectivity index (χ3n) is 2.05. The molecular weight excluding hydrogens is 212 g/mol. The Kier molecular flexibility index (Phi) is 4.78. The summed E-state index contributed by atoms with van der Waals surface area (Å²) in [7, 11) is 1.59. The maximum absolute atomic E-state index is 9.61. The second-order valence-corrected chi connectivity index (χ2v) is 3.41. The SMILES string of the molecule is CCOc1cc([C@@H](O)CS)ccc1OC. The quantitative estimate of drug-likeness (QED) is 0.758. The van der Waals surface area contributed by atoms with Gasteiger partial charge in [-0.05, 0) is 24.6 Å². The highest BCUT2D eigenvalue weighted by molar-refractivity contribution is 7.80. The maximum Gasteiger partial charge on any atom is 0.161 e. The van der Waals surface area contributed by atoms with E-state index in [1.54, 1.807) is 19.2 Å². The topological polar surface area (TPSA) is 38.7 Å². The number of benzene rings is 1. The van der Waals surface area contributed by atoms with Gasteiger partial charge in [0.05, 0.1) is 19.8 Å². The van der Waals surface area contributed by atoms with Crippen molar-refractivity contribution in [2.24, 2.45) is 0 Å². The lowest BCUT2D eigenvalue weighted by Crippen LogP contribution is -2.01. The first-order valence-corrected chi connectivity index (χ1v) is 5.45. The molecule has 0 amide bonds. The molecule has 1 rings (SSSR count). The van der Waals surface area contributed by atoms with Crippen molar-refractivity contribution in [3.8, 4) is 11.5 Å². The molecule has 1 aromatic rings. The number of aliphatic hydroxyl groups excluding tert-OH is 1. The fourth-order valence-corrected chi connectivity index (χ4v) is 1.49. The van der Waals surface area contributed by atoms with Gasteiger partial charge in [0.25, 0.3) is 0 Å². The zero-order valence-corrected chi connectivity index (χ0v) is 9.83. The summed E-state index contributed by atoms with van der Waals surface area (Å²) < 4.78 is 10.5. The Morgan fingerprint density at radius 1 is 1.40 bits per heavy atom. The molecule has 1 atom stereocenters. The number of methoxy groups -OCH3 is 1. The Morgan fingerprint density at radius 2 is 2.13 bits per heavy atom. The predicted octanol–water partition coefficient (Wildman–Crippen LogP) is 2.06. The Bertz CT molecular complexity index is 315. The second-order valence-electron chi connectivity index (χ2n) is 3.04. The van der Waals surface area contributed by atoms with E-state index in [9.17, 15) is 5.11 Å². The summed E-state index contributed by atoms with van der Waals surface area (Å²) >= 11 is 4.04. The van der Waals surface area contributed by atoms with Gasteiger partial charge in [0.2, 0.25) is 0 Å². The van der Waals surface area contributed by atoms with Crippen LogP contribution in [0.3, 0.4) is 0 Å². The summed E-state index contributed by atoms with van der Waals surface area (Å²) in [6.45, 7) is 2.47. The van der Waals surface area contributed by atoms with Crippen LogP contribution < -0.4 is 9.47 Å². The van der Waals surface area contributed by atoms with Crippen LogP contribution in [0, 0.1) is 0 Å². The summed E-state index contributed by atoms with van der Waals surface area (Å²) in [6, 6.07) is 5.37. The number of rotatable bonds is 5. The van der Waals surface area contributed by atoms with Crippen LogP contribution in [0.5, 0.6) is 11.5 Å². The van der Waals surface area contributed by atoms with Crippen molar-refractivity contribution in [1.29, 1.82) is 0 Å². The van der Waals surface area contributed by atoms with Gasteiger partial charge in [-0.15, -0.1) is 0 Å². The van der Waals surface area contributed by atoms with Crippen LogP contribution in [0.15, 0.2) is 18.2 Å². The van der Waals surface area contributed by atoms with E-state index in [1.165, 1.54) is 0 Å². The highest BCUT2D eigenvalue weighted by Crippen LogP contribution is 2.30. The number of hydrogen-bond acceptors (Lipinski definition) is 4. The average Bonchev–Trinajstić information content (AvgIpc) is 2.28. The van der Waals surface area contributed by atoms with Gasteiger partial charge in [-0.2, -0.15) is 12.6 Å². The molecule has 3 nitrogen and oxygen atoms in total. The van der Waals surface area contributed by atoms with Crippen molar-refractivity contribution < 1.29 is 14.6 Å². The molecule has 0 radical (unpaired) electrons. The maximum atomic E-state index is 9.61. The van der Waals surface area contributed by atoms with Gasteiger partial charge >= 0.3 is 0 Å². The van der Waals surface area contributed by atoms with Gasteiger partial charge in [-0.3, -0.25) is 0 Å². The molecule has 0 aliphatic heterocycles. The molecule has 4 heteroatoms. The van der Waals surface area contributed by atoms with E-state index in [0.29, 0.717) is 23.9 Å². The Morgan fingerprint density at radius 3 is 2.67 bits per heavy atom. The van der Waals surface area contributed by atoms with E-state index in [0.717, 1.165) is 5.56 Å². The third kappa shape index (κ3) is 3.04. The predicted molar refractivity (Wildman–Crippen MR) is 63.0 cm³/mol. The van der Waals surface area contributed by atoms with Crippen molar-refractivity contribution in [2.45, 2.75) is 13.0 Å². The Labute approximate surface area is 95.4 Å². The molecule has 0 bridgehead atoms. The first-order valence-electron chi connectivity index (χ1n) is 4.82. The van der Waals surface area contributed by atoms with Crippen molar-refractivity contribution in [3.63, 3.8) is 0 Å². The van der Waals surface area contributed by atoms with Crippen LogP contribution in [0.25, 0.3) is 0 Å². The van der Waals surface area contributed by atoms with Gasteiger partial charge in [0.1, 0.15) is 0 Å². The van der Waals surface area contributed by atoms with E-state index < -0.39 is 6.10 Å². The van der Waals surface area contributed by atoms with Gasteiger partial charge in [-0.25, -0.2) is 0 Å². The lowest BCUT2D eigenvalue weighted by atomic mass is 10.1. The number of thiol groups is 1. The lowest BCUT2D eigenvalue weighted by Gasteiger charge is -2.13. The zero-order valence-electron chi connectivity index (χ0n) is 8.93. The monoisotopic (exact) mass is 228 g/mol. The standard InChI is InChI=1S/C11H16O3S/c1-3-14-11-6-8(9(12)7-15)4-5-10(11)13-2/h4-6,9,12,15H,3,7H2,1-2H3/t9-/m0/s1. The highest BCUT2D eigenvalue weighted by atomic mass is 32.1. The van der Waals surface area contributed by atoms with Crippen LogP contribution >= 0.6 is 12.6 Å². The largest absolute Gasteiger partial charge is 0.493 e. The minimum atomic E-state index is -0.571. The second kappa shape index (κ2) is 5.88. The molecule has 84 valence electrons. The normalized spacial score (nSPS) is 12.3. The minimum absolute atomic E-state index is 0.387. The smallest absolute Gasteiger partial charge is 0.161 e. The van der Waals surface area contributed by atoms with Gasteiger partial charge < -0.3 is 14.6 Å². The van der Waals surface area contributed by atoms with Crippen LogP contribution in [0.4, 0.5) is 0 Å². The molecule has 0 aromatic heterocycles. The molecule has 1 N–H and O–H groups in total. The molecule has 0 aliphatic carbocycles. The summed E-state index contributed by atoms with van der Waals surface area (Å²) in [5.41, 5.74) is 0.786. The zero-order chi connectivity index (χ0) is 11.3. The molecule has 0 saturated heterocycles. The van der Waals surface area contributed by atoms with Gasteiger partial charge in [0, 0.05) is 5.75 Å². The molecule has 0 spiro atoms. The van der Waals surface area contributed by atoms with Crippen molar-refractivity contribution >= 4 is 12.6 Å². The van der Waals surface area contributed by atoms with Gasteiger partial charge in [0.15, 0.2) is 11.5 Å². The van der Waals surface area contributed by atoms with E-state index >= 15 is 0 Å². The molecular formula is C11H16O3S. The first kappa shape index (κ1) is 12.2. The van der Waals surface area contributed by atoms with Crippen molar-refractivity contribution in [1.82, 2.24) is 0 Å². The highest BCUT2D eigenvalue weighted by Gasteiger charge is 2.10. The van der Waals surface area contributed by atoms with E-state index in [2.05, 4.69) is 12.6 Å². The first-order chi connectivity index (χ1) is 7.22. The number of ether oxygens (including phenoxy) is 2. The third-order valence-corrected chi connectivity index (χ3v) is 2.39.